The molecule has 0 aliphatic carbocycles. The molecule has 2 atom stereocenters. The van der Waals surface area contributed by atoms with Crippen molar-refractivity contribution in [1.82, 2.24) is 0 Å². The van der Waals surface area contributed by atoms with Gasteiger partial charge in [-0.1, -0.05) is 20.3 Å². The van der Waals surface area contributed by atoms with E-state index in [1.807, 2.05) is 13.8 Å². The Morgan fingerprint density at radius 3 is 2.75 bits per heavy atom. The number of hydrogen-bond acceptors (Lipinski definition) is 2. The van der Waals surface area contributed by atoms with Gasteiger partial charge in [0.05, 0.1) is 12.4 Å². The minimum atomic E-state index is -0.513. The molecule has 0 spiro atoms. The maximum atomic E-state index is 9.71. The normalized spacial score (nSPS) is 16.0. The monoisotopic (exact) mass is 188 g/mol. The van der Waals surface area contributed by atoms with E-state index in [4.69, 9.17) is 16.0 Å². The Balaban J connectivity index is 2.77. The maximum absolute atomic E-state index is 9.71. The van der Waals surface area contributed by atoms with E-state index in [1.54, 1.807) is 6.07 Å². The van der Waals surface area contributed by atoms with Gasteiger partial charge in [0.25, 0.3) is 0 Å². The number of hydrogen-bond donors (Lipinski definition) is 1. The van der Waals surface area contributed by atoms with Crippen LogP contribution in [0.25, 0.3) is 0 Å². The van der Waals surface area contributed by atoms with Crippen molar-refractivity contribution in [3.63, 3.8) is 0 Å². The van der Waals surface area contributed by atoms with Crippen LogP contribution >= 0.6 is 11.6 Å². The largest absolute Gasteiger partial charge is 0.453 e. The van der Waals surface area contributed by atoms with Crippen molar-refractivity contribution in [1.29, 1.82) is 0 Å². The van der Waals surface area contributed by atoms with Crippen LogP contribution in [0.1, 0.15) is 31.9 Å². The highest BCUT2D eigenvalue weighted by atomic mass is 35.5. The molecule has 2 nitrogen and oxygen atoms in total. The number of aliphatic hydroxyl groups is 1. The Bertz CT molecular complexity index is 244. The summed E-state index contributed by atoms with van der Waals surface area (Å²) in [6.45, 7) is 4.01. The van der Waals surface area contributed by atoms with Crippen molar-refractivity contribution in [3.05, 3.63) is 23.1 Å². The molecule has 0 bridgehead atoms. The number of halogens is 1. The molecule has 0 aliphatic heterocycles. The smallest absolute Gasteiger partial charge is 0.198 e. The molecule has 1 aromatic rings. The lowest BCUT2D eigenvalue weighted by Crippen LogP contribution is -2.07. The molecule has 1 rings (SSSR count). The second-order valence-corrected chi connectivity index (χ2v) is 3.32. The zero-order valence-corrected chi connectivity index (χ0v) is 8.01. The molecule has 0 fully saturated rings. The zero-order valence-electron chi connectivity index (χ0n) is 7.25. The Morgan fingerprint density at radius 1 is 1.67 bits per heavy atom. The lowest BCUT2D eigenvalue weighted by molar-refractivity contribution is 0.115. The molecule has 0 amide bonds. The van der Waals surface area contributed by atoms with Crippen LogP contribution in [0.5, 0.6) is 0 Å². The van der Waals surface area contributed by atoms with Gasteiger partial charge >= 0.3 is 0 Å². The minimum Gasteiger partial charge on any atom is -0.453 e. The van der Waals surface area contributed by atoms with Gasteiger partial charge in [-0.2, -0.15) is 0 Å². The first-order chi connectivity index (χ1) is 5.66. The average molecular weight is 189 g/mol. The summed E-state index contributed by atoms with van der Waals surface area (Å²) >= 11 is 5.71. The summed E-state index contributed by atoms with van der Waals surface area (Å²) in [4.78, 5) is 0. The molecular weight excluding hydrogens is 176 g/mol. The van der Waals surface area contributed by atoms with Gasteiger partial charge in [0.2, 0.25) is 0 Å². The highest BCUT2D eigenvalue weighted by Crippen LogP contribution is 2.30. The predicted molar refractivity (Wildman–Crippen MR) is 48.1 cm³/mol. The Labute approximate surface area is 77.1 Å². The van der Waals surface area contributed by atoms with Crippen molar-refractivity contribution in [2.75, 3.05) is 0 Å². The molecule has 0 aromatic carbocycles. The third kappa shape index (κ3) is 1.82. The molecule has 0 aliphatic rings. The topological polar surface area (TPSA) is 33.4 Å². The predicted octanol–water partition coefficient (Wildman–Crippen LogP) is 3.01. The molecule has 68 valence electrons. The molecule has 1 N–H and O–H groups in total. The van der Waals surface area contributed by atoms with Crippen LogP contribution in [-0.2, 0) is 0 Å². The fraction of sp³-hybridized carbons (Fsp3) is 0.556. The lowest BCUT2D eigenvalue weighted by atomic mass is 9.97. The Morgan fingerprint density at radius 2 is 2.33 bits per heavy atom. The van der Waals surface area contributed by atoms with Gasteiger partial charge in [0.1, 0.15) is 0 Å². The molecular formula is C9H13ClO2. The second kappa shape index (κ2) is 3.97. The van der Waals surface area contributed by atoms with Crippen molar-refractivity contribution in [2.24, 2.45) is 5.92 Å². The van der Waals surface area contributed by atoms with Crippen LogP contribution < -0.4 is 0 Å². The third-order valence-electron chi connectivity index (χ3n) is 2.15. The summed E-state index contributed by atoms with van der Waals surface area (Å²) < 4.78 is 4.89. The Kier molecular flexibility index (Phi) is 3.18. The van der Waals surface area contributed by atoms with E-state index in [9.17, 15) is 5.11 Å². The number of aliphatic hydroxyl groups excluding tert-OH is 1. The summed E-state index contributed by atoms with van der Waals surface area (Å²) in [6.07, 6.45) is 1.90. The zero-order chi connectivity index (χ0) is 9.14. The standard InChI is InChI=1S/C9H13ClO2/c1-3-6(2)8(11)7-4-5-12-9(7)10/h4-6,8,11H,3H2,1-2H3. The van der Waals surface area contributed by atoms with E-state index >= 15 is 0 Å². The fourth-order valence-corrected chi connectivity index (χ4v) is 1.27. The van der Waals surface area contributed by atoms with E-state index in [2.05, 4.69) is 0 Å². The fourth-order valence-electron chi connectivity index (χ4n) is 1.05. The molecule has 0 saturated heterocycles. The highest BCUT2D eigenvalue weighted by molar-refractivity contribution is 6.29. The SMILES string of the molecule is CCC(C)C(O)c1ccoc1Cl. The first-order valence-electron chi connectivity index (χ1n) is 4.07. The van der Waals surface area contributed by atoms with Crippen LogP contribution in [0.15, 0.2) is 16.7 Å². The summed E-state index contributed by atoms with van der Waals surface area (Å²) in [5, 5.41) is 10.0. The first-order valence-corrected chi connectivity index (χ1v) is 4.45. The average Bonchev–Trinajstić information content (AvgIpc) is 2.48. The van der Waals surface area contributed by atoms with Crippen LogP contribution in [-0.4, -0.2) is 5.11 Å². The molecule has 0 saturated carbocycles. The van der Waals surface area contributed by atoms with Crippen molar-refractivity contribution in [2.45, 2.75) is 26.4 Å². The summed E-state index contributed by atoms with van der Waals surface area (Å²) in [6, 6.07) is 1.71. The first kappa shape index (κ1) is 9.62. The maximum Gasteiger partial charge on any atom is 0.198 e. The third-order valence-corrected chi connectivity index (χ3v) is 2.45. The van der Waals surface area contributed by atoms with E-state index in [0.29, 0.717) is 10.8 Å². The summed E-state index contributed by atoms with van der Waals surface area (Å²) in [5.74, 6) is 0.208. The number of furan rings is 1. The lowest BCUT2D eigenvalue weighted by Gasteiger charge is -2.15. The van der Waals surface area contributed by atoms with Crippen LogP contribution in [0.4, 0.5) is 0 Å². The van der Waals surface area contributed by atoms with Crippen LogP contribution in [0.2, 0.25) is 5.22 Å². The van der Waals surface area contributed by atoms with E-state index in [1.165, 1.54) is 6.26 Å². The molecule has 3 heteroatoms. The van der Waals surface area contributed by atoms with Crippen molar-refractivity contribution < 1.29 is 9.52 Å². The van der Waals surface area contributed by atoms with Gasteiger partial charge in [0.15, 0.2) is 5.22 Å². The quantitative estimate of drug-likeness (QED) is 0.791. The highest BCUT2D eigenvalue weighted by Gasteiger charge is 2.18. The van der Waals surface area contributed by atoms with E-state index < -0.39 is 6.10 Å². The summed E-state index contributed by atoms with van der Waals surface area (Å²) in [7, 11) is 0. The van der Waals surface area contributed by atoms with Gasteiger partial charge in [-0.05, 0) is 23.6 Å². The Hall–Kier alpha value is -0.470. The summed E-state index contributed by atoms with van der Waals surface area (Å²) in [5.41, 5.74) is 0.686. The van der Waals surface area contributed by atoms with Gasteiger partial charge in [-0.25, -0.2) is 0 Å². The molecule has 1 aromatic heterocycles. The minimum absolute atomic E-state index is 0.208. The molecule has 12 heavy (non-hydrogen) atoms. The van der Waals surface area contributed by atoms with Crippen molar-refractivity contribution in [3.8, 4) is 0 Å². The number of rotatable bonds is 3. The second-order valence-electron chi connectivity index (χ2n) is 2.98. The van der Waals surface area contributed by atoms with Crippen molar-refractivity contribution >= 4 is 11.6 Å². The molecule has 2 unspecified atom stereocenters. The van der Waals surface area contributed by atoms with Gasteiger partial charge in [-0.15, -0.1) is 0 Å². The van der Waals surface area contributed by atoms with Crippen LogP contribution in [0, 0.1) is 5.92 Å². The van der Waals surface area contributed by atoms with E-state index in [0.717, 1.165) is 6.42 Å². The van der Waals surface area contributed by atoms with Crippen LogP contribution in [0.3, 0.4) is 0 Å². The van der Waals surface area contributed by atoms with Gasteiger partial charge in [0, 0.05) is 5.56 Å². The van der Waals surface area contributed by atoms with Gasteiger partial charge in [-0.3, -0.25) is 0 Å². The van der Waals surface area contributed by atoms with Gasteiger partial charge < -0.3 is 9.52 Å². The molecule has 1 heterocycles. The molecule has 0 radical (unpaired) electrons. The van der Waals surface area contributed by atoms with E-state index in [-0.39, 0.29) is 5.92 Å².